The first-order valence-electron chi connectivity index (χ1n) is 9.16. The molecule has 0 bridgehead atoms. The fourth-order valence-electron chi connectivity index (χ4n) is 3.68. The molecule has 0 saturated carbocycles. The number of fused-ring (bicyclic) bond motifs is 1. The molecule has 1 aliphatic heterocycles. The Balaban J connectivity index is 1.54. The van der Waals surface area contributed by atoms with Gasteiger partial charge in [-0.2, -0.15) is 5.90 Å². The summed E-state index contributed by atoms with van der Waals surface area (Å²) < 4.78 is 1.89. The molecule has 0 amide bonds. The van der Waals surface area contributed by atoms with Gasteiger partial charge in [0, 0.05) is 18.7 Å². The van der Waals surface area contributed by atoms with Crippen LogP contribution in [0.2, 0.25) is 5.02 Å². The fraction of sp³-hybridized carbons (Fsp3) is 0.421. The van der Waals surface area contributed by atoms with Crippen molar-refractivity contribution in [2.24, 2.45) is 11.3 Å². The number of imidazole rings is 1. The third-order valence-corrected chi connectivity index (χ3v) is 6.79. The third-order valence-electron chi connectivity index (χ3n) is 5.49. The van der Waals surface area contributed by atoms with Crippen molar-refractivity contribution >= 4 is 39.0 Å². The molecule has 9 heteroatoms. The summed E-state index contributed by atoms with van der Waals surface area (Å²) in [7, 11) is 0. The molecule has 28 heavy (non-hydrogen) atoms. The number of carbonyl (C=O) groups excluding carboxylic acids is 1. The van der Waals surface area contributed by atoms with Gasteiger partial charge in [-0.1, -0.05) is 48.1 Å². The summed E-state index contributed by atoms with van der Waals surface area (Å²) in [5.74, 6) is 4.63. The van der Waals surface area contributed by atoms with Crippen LogP contribution in [0.1, 0.15) is 31.9 Å². The van der Waals surface area contributed by atoms with Gasteiger partial charge in [0.2, 0.25) is 10.1 Å². The van der Waals surface area contributed by atoms with Gasteiger partial charge in [0.15, 0.2) is 0 Å². The Bertz CT molecular complexity index is 1020. The van der Waals surface area contributed by atoms with Crippen molar-refractivity contribution in [3.63, 3.8) is 0 Å². The maximum Gasteiger partial charge on any atom is 0.324 e. The minimum Gasteiger partial charge on any atom is -0.373 e. The highest BCUT2D eigenvalue weighted by Gasteiger charge is 2.34. The van der Waals surface area contributed by atoms with E-state index in [1.54, 1.807) is 11.3 Å². The number of hydrogen-bond acceptors (Lipinski definition) is 7. The maximum absolute atomic E-state index is 11.5. The average molecular weight is 420 g/mol. The van der Waals surface area contributed by atoms with Crippen LogP contribution >= 0.6 is 22.9 Å². The molecule has 1 aromatic carbocycles. The van der Waals surface area contributed by atoms with E-state index in [1.165, 1.54) is 0 Å². The molecule has 148 valence electrons. The fourth-order valence-corrected chi connectivity index (χ4v) is 4.90. The molecule has 1 aliphatic rings. The third kappa shape index (κ3) is 3.47. The lowest BCUT2D eigenvalue weighted by Crippen LogP contribution is -2.40. The standard InChI is InChI=1S/C19H22ClN5O2S/c1-12-16(13-5-3-4-6-14(13)20)22-17-25(12)23-18(28-17)24-9-7-19(2,8-10-24)11-15(26)27-21/h3-6H,7-11,21H2,1-2H3. The van der Waals surface area contributed by atoms with Gasteiger partial charge in [-0.25, -0.2) is 9.50 Å². The van der Waals surface area contributed by atoms with Crippen LogP contribution in [0.25, 0.3) is 16.2 Å². The monoisotopic (exact) mass is 419 g/mol. The largest absolute Gasteiger partial charge is 0.373 e. The molecule has 0 spiro atoms. The number of nitrogens with two attached hydrogens (primary N) is 1. The molecule has 3 aromatic rings. The van der Waals surface area contributed by atoms with Crippen molar-refractivity contribution in [3.05, 3.63) is 35.0 Å². The molecule has 4 rings (SSSR count). The number of anilines is 1. The summed E-state index contributed by atoms with van der Waals surface area (Å²) in [6.45, 7) is 5.78. The van der Waals surface area contributed by atoms with E-state index in [9.17, 15) is 4.79 Å². The quantitative estimate of drug-likeness (QED) is 0.647. The number of carbonyl (C=O) groups is 1. The Morgan fingerprint density at radius 3 is 2.71 bits per heavy atom. The average Bonchev–Trinajstić information content (AvgIpc) is 3.22. The number of rotatable bonds is 4. The van der Waals surface area contributed by atoms with Gasteiger partial charge >= 0.3 is 5.97 Å². The molecular weight excluding hydrogens is 398 g/mol. The zero-order valence-corrected chi connectivity index (χ0v) is 17.4. The van der Waals surface area contributed by atoms with Crippen LogP contribution in [0.3, 0.4) is 0 Å². The van der Waals surface area contributed by atoms with E-state index in [0.717, 1.165) is 53.0 Å². The Morgan fingerprint density at radius 2 is 2.07 bits per heavy atom. The van der Waals surface area contributed by atoms with Crippen molar-refractivity contribution in [2.75, 3.05) is 18.0 Å². The highest BCUT2D eigenvalue weighted by Crippen LogP contribution is 2.38. The van der Waals surface area contributed by atoms with Crippen molar-refractivity contribution < 1.29 is 9.63 Å². The van der Waals surface area contributed by atoms with Crippen LogP contribution in [0, 0.1) is 12.3 Å². The summed E-state index contributed by atoms with van der Waals surface area (Å²) in [6.07, 6.45) is 2.11. The SMILES string of the molecule is Cc1c(-c2ccccc2Cl)nc2sc(N3CCC(C)(CC(=O)ON)CC3)nn12. The van der Waals surface area contributed by atoms with Crippen LogP contribution < -0.4 is 10.8 Å². The summed E-state index contributed by atoms with van der Waals surface area (Å²) >= 11 is 7.91. The molecular formula is C19H22ClN5O2S. The minimum absolute atomic E-state index is 0.0858. The summed E-state index contributed by atoms with van der Waals surface area (Å²) in [5.41, 5.74) is 2.67. The molecule has 2 aromatic heterocycles. The number of piperidine rings is 1. The maximum atomic E-state index is 11.5. The van der Waals surface area contributed by atoms with Gasteiger partial charge < -0.3 is 9.74 Å². The van der Waals surface area contributed by atoms with E-state index < -0.39 is 0 Å². The highest BCUT2D eigenvalue weighted by atomic mass is 35.5. The summed E-state index contributed by atoms with van der Waals surface area (Å²) in [4.78, 5) is 23.8. The number of hydrogen-bond donors (Lipinski definition) is 1. The van der Waals surface area contributed by atoms with E-state index in [2.05, 4.69) is 16.7 Å². The highest BCUT2D eigenvalue weighted by molar-refractivity contribution is 7.20. The van der Waals surface area contributed by atoms with Gasteiger partial charge in [-0.3, -0.25) is 4.79 Å². The molecule has 3 heterocycles. The van der Waals surface area contributed by atoms with Crippen LogP contribution in [-0.4, -0.2) is 33.7 Å². The van der Waals surface area contributed by atoms with Crippen LogP contribution in [0.4, 0.5) is 5.13 Å². The Labute approximate surface area is 172 Å². The molecule has 7 nitrogen and oxygen atoms in total. The lowest BCUT2D eigenvalue weighted by Gasteiger charge is -2.38. The van der Waals surface area contributed by atoms with Gasteiger partial charge in [0.1, 0.15) is 0 Å². The van der Waals surface area contributed by atoms with E-state index in [0.29, 0.717) is 11.4 Å². The molecule has 0 aliphatic carbocycles. The Hall–Kier alpha value is -2.16. The Morgan fingerprint density at radius 1 is 1.36 bits per heavy atom. The van der Waals surface area contributed by atoms with Gasteiger partial charge in [0.05, 0.1) is 22.8 Å². The molecule has 0 atom stereocenters. The first kappa shape index (κ1) is 19.2. The summed E-state index contributed by atoms with van der Waals surface area (Å²) in [6, 6.07) is 7.71. The van der Waals surface area contributed by atoms with Gasteiger partial charge in [-0.15, -0.1) is 5.10 Å². The Kier molecular flexibility index (Phi) is 5.03. The molecule has 1 saturated heterocycles. The van der Waals surface area contributed by atoms with Crippen LogP contribution in [-0.2, 0) is 9.63 Å². The predicted octanol–water partition coefficient (Wildman–Crippen LogP) is 3.83. The number of halogens is 1. The van der Waals surface area contributed by atoms with Gasteiger partial charge in [-0.05, 0) is 31.2 Å². The first-order chi connectivity index (χ1) is 13.4. The van der Waals surface area contributed by atoms with E-state index in [1.807, 2.05) is 35.7 Å². The predicted molar refractivity (Wildman–Crippen MR) is 110 cm³/mol. The van der Waals surface area contributed by atoms with Gasteiger partial charge in [0.25, 0.3) is 0 Å². The summed E-state index contributed by atoms with van der Waals surface area (Å²) in [5, 5.41) is 6.41. The number of aryl methyl sites for hydroxylation is 1. The second-order valence-electron chi connectivity index (χ2n) is 7.57. The minimum atomic E-state index is -0.355. The second kappa shape index (κ2) is 7.35. The van der Waals surface area contributed by atoms with Crippen molar-refractivity contribution in [3.8, 4) is 11.3 Å². The lowest BCUT2D eigenvalue weighted by molar-refractivity contribution is -0.147. The van der Waals surface area contributed by atoms with E-state index in [-0.39, 0.29) is 11.4 Å². The second-order valence-corrected chi connectivity index (χ2v) is 8.91. The van der Waals surface area contributed by atoms with E-state index >= 15 is 0 Å². The van der Waals surface area contributed by atoms with Crippen molar-refractivity contribution in [2.45, 2.75) is 33.1 Å². The van der Waals surface area contributed by atoms with Crippen molar-refractivity contribution in [1.29, 1.82) is 0 Å². The normalized spacial score (nSPS) is 16.5. The number of aromatic nitrogens is 3. The molecule has 2 N–H and O–H groups in total. The number of nitrogens with zero attached hydrogens (tertiary/aromatic N) is 4. The zero-order chi connectivity index (χ0) is 19.9. The van der Waals surface area contributed by atoms with Crippen LogP contribution in [0.5, 0.6) is 0 Å². The first-order valence-corrected chi connectivity index (χ1v) is 10.4. The van der Waals surface area contributed by atoms with Crippen molar-refractivity contribution in [1.82, 2.24) is 14.6 Å². The molecule has 1 fully saturated rings. The molecule has 0 unspecified atom stereocenters. The topological polar surface area (TPSA) is 85.8 Å². The zero-order valence-electron chi connectivity index (χ0n) is 15.8. The van der Waals surface area contributed by atoms with E-state index in [4.69, 9.17) is 27.6 Å². The lowest BCUT2D eigenvalue weighted by atomic mass is 9.78. The molecule has 0 radical (unpaired) electrons. The van der Waals surface area contributed by atoms with Crippen LogP contribution in [0.15, 0.2) is 24.3 Å². The smallest absolute Gasteiger partial charge is 0.324 e. The number of benzene rings is 1.